The Morgan fingerprint density at radius 2 is 2.42 bits per heavy atom. The summed E-state index contributed by atoms with van der Waals surface area (Å²) in [6, 6.07) is 7.37. The van der Waals surface area contributed by atoms with Crippen LogP contribution in [0.2, 0.25) is 0 Å². The Morgan fingerprint density at radius 1 is 1.63 bits per heavy atom. The first-order chi connectivity index (χ1) is 9.11. The lowest BCUT2D eigenvalue weighted by Crippen LogP contribution is -2.27. The van der Waals surface area contributed by atoms with Gasteiger partial charge in [-0.2, -0.15) is 5.26 Å². The van der Waals surface area contributed by atoms with Gasteiger partial charge in [-0.25, -0.2) is 0 Å². The van der Waals surface area contributed by atoms with Gasteiger partial charge in [-0.1, -0.05) is 22.0 Å². The fourth-order valence-electron chi connectivity index (χ4n) is 2.50. The first-order valence-corrected chi connectivity index (χ1v) is 7.03. The average molecular weight is 323 g/mol. The molecule has 5 heteroatoms. The Balaban J connectivity index is 2.17. The number of nitrogens with one attached hydrogen (secondary N) is 1. The predicted molar refractivity (Wildman–Crippen MR) is 74.7 cm³/mol. The first-order valence-electron chi connectivity index (χ1n) is 6.24. The Labute approximate surface area is 120 Å². The summed E-state index contributed by atoms with van der Waals surface area (Å²) < 4.78 is 0.809. The molecule has 0 amide bonds. The summed E-state index contributed by atoms with van der Waals surface area (Å²) in [6.07, 6.45) is 1.40. The zero-order chi connectivity index (χ0) is 13.8. The minimum atomic E-state index is -0.745. The number of hydrogen-bond donors (Lipinski definition) is 2. The van der Waals surface area contributed by atoms with Crippen molar-refractivity contribution in [1.29, 1.82) is 5.26 Å². The van der Waals surface area contributed by atoms with E-state index in [1.165, 1.54) is 0 Å². The van der Waals surface area contributed by atoms with Gasteiger partial charge in [-0.15, -0.1) is 0 Å². The number of nitrogens with zero attached hydrogens (tertiary/aromatic N) is 1. The molecule has 100 valence electrons. The van der Waals surface area contributed by atoms with Crippen molar-refractivity contribution in [1.82, 2.24) is 5.32 Å². The Hall–Kier alpha value is -1.38. The van der Waals surface area contributed by atoms with Crippen LogP contribution in [0.15, 0.2) is 22.7 Å². The van der Waals surface area contributed by atoms with Crippen LogP contribution in [0.4, 0.5) is 0 Å². The van der Waals surface area contributed by atoms with Crippen LogP contribution in [-0.4, -0.2) is 24.2 Å². The molecule has 0 aliphatic carbocycles. The number of carboxylic acid groups (broad SMARTS) is 1. The van der Waals surface area contributed by atoms with E-state index in [9.17, 15) is 9.90 Å². The van der Waals surface area contributed by atoms with E-state index in [-0.39, 0.29) is 11.8 Å². The number of benzene rings is 1. The fraction of sp³-hybridized carbons (Fsp3) is 0.429. The molecular weight excluding hydrogens is 308 g/mol. The van der Waals surface area contributed by atoms with E-state index in [4.69, 9.17) is 5.26 Å². The van der Waals surface area contributed by atoms with Crippen molar-refractivity contribution in [3.8, 4) is 6.07 Å². The molecule has 0 unspecified atom stereocenters. The Bertz CT molecular complexity index is 519. The molecule has 1 aromatic rings. The highest BCUT2D eigenvalue weighted by atomic mass is 79.9. The predicted octanol–water partition coefficient (Wildman–Crippen LogP) is 2.17. The molecule has 1 aliphatic heterocycles. The summed E-state index contributed by atoms with van der Waals surface area (Å²) in [5.41, 5.74) is 1.52. The number of nitriles is 1. The highest BCUT2D eigenvalue weighted by molar-refractivity contribution is 9.10. The van der Waals surface area contributed by atoms with Gasteiger partial charge < -0.3 is 10.4 Å². The standard InChI is InChI=1S/C14H15BrN2O2/c15-13-5-9(7-16)1-2-10(13)6-12(14(18)19)11-3-4-17-8-11/h1-2,5,11-12,17H,3-4,6,8H2,(H,18,19)/t11-,12-/m0/s1. The summed E-state index contributed by atoms with van der Waals surface area (Å²) in [5, 5.41) is 21.4. The largest absolute Gasteiger partial charge is 0.481 e. The van der Waals surface area contributed by atoms with Crippen LogP contribution >= 0.6 is 15.9 Å². The highest BCUT2D eigenvalue weighted by Crippen LogP contribution is 2.27. The summed E-state index contributed by atoms with van der Waals surface area (Å²) in [4.78, 5) is 11.4. The minimum absolute atomic E-state index is 0.181. The van der Waals surface area contributed by atoms with Crippen molar-refractivity contribution >= 4 is 21.9 Å². The molecule has 2 N–H and O–H groups in total. The Kier molecular flexibility index (Phi) is 4.56. The lowest BCUT2D eigenvalue weighted by Gasteiger charge is -2.19. The second-order valence-electron chi connectivity index (χ2n) is 4.82. The molecule has 2 rings (SSSR count). The highest BCUT2D eigenvalue weighted by Gasteiger charge is 2.30. The summed E-state index contributed by atoms with van der Waals surface area (Å²) >= 11 is 3.41. The average Bonchev–Trinajstić information content (AvgIpc) is 2.90. The van der Waals surface area contributed by atoms with Gasteiger partial charge in [-0.3, -0.25) is 4.79 Å². The maximum atomic E-state index is 11.4. The number of rotatable bonds is 4. The summed E-state index contributed by atoms with van der Waals surface area (Å²) in [5.74, 6) is -0.941. The van der Waals surface area contributed by atoms with Gasteiger partial charge in [0.1, 0.15) is 0 Å². The van der Waals surface area contributed by atoms with E-state index in [2.05, 4.69) is 27.3 Å². The maximum Gasteiger partial charge on any atom is 0.307 e. The lowest BCUT2D eigenvalue weighted by molar-refractivity contribution is -0.143. The molecule has 1 aliphatic rings. The molecule has 0 spiro atoms. The zero-order valence-corrected chi connectivity index (χ0v) is 12.0. The lowest BCUT2D eigenvalue weighted by atomic mass is 9.86. The molecule has 1 heterocycles. The van der Waals surface area contributed by atoms with E-state index >= 15 is 0 Å². The molecule has 1 fully saturated rings. The number of carboxylic acids is 1. The van der Waals surface area contributed by atoms with Gasteiger partial charge in [0, 0.05) is 4.47 Å². The van der Waals surface area contributed by atoms with Crippen LogP contribution < -0.4 is 5.32 Å². The normalized spacial score (nSPS) is 19.9. The minimum Gasteiger partial charge on any atom is -0.481 e. The quantitative estimate of drug-likeness (QED) is 0.891. The molecule has 0 saturated carbocycles. The van der Waals surface area contributed by atoms with Crippen LogP contribution in [0.1, 0.15) is 17.5 Å². The molecule has 4 nitrogen and oxygen atoms in total. The van der Waals surface area contributed by atoms with E-state index in [0.29, 0.717) is 12.0 Å². The Morgan fingerprint density at radius 3 is 2.95 bits per heavy atom. The van der Waals surface area contributed by atoms with E-state index in [0.717, 1.165) is 29.5 Å². The molecule has 0 aromatic heterocycles. The van der Waals surface area contributed by atoms with Crippen LogP contribution in [0.25, 0.3) is 0 Å². The third kappa shape index (κ3) is 3.34. The first kappa shape index (κ1) is 14.0. The topological polar surface area (TPSA) is 73.1 Å². The molecule has 2 atom stereocenters. The fourth-order valence-corrected chi connectivity index (χ4v) is 3.04. The molecule has 0 radical (unpaired) electrons. The maximum absolute atomic E-state index is 11.4. The number of aliphatic carboxylic acids is 1. The van der Waals surface area contributed by atoms with E-state index < -0.39 is 5.97 Å². The molecule has 19 heavy (non-hydrogen) atoms. The monoisotopic (exact) mass is 322 g/mol. The molecule has 1 aromatic carbocycles. The number of carbonyl (C=O) groups is 1. The smallest absolute Gasteiger partial charge is 0.307 e. The second kappa shape index (κ2) is 6.18. The third-order valence-corrected chi connectivity index (χ3v) is 4.34. The third-order valence-electron chi connectivity index (χ3n) is 3.61. The van der Waals surface area contributed by atoms with Gasteiger partial charge in [-0.05, 0) is 49.5 Å². The molecular formula is C14H15BrN2O2. The van der Waals surface area contributed by atoms with Crippen LogP contribution in [-0.2, 0) is 11.2 Å². The van der Waals surface area contributed by atoms with Gasteiger partial charge >= 0.3 is 5.97 Å². The van der Waals surface area contributed by atoms with Crippen molar-refractivity contribution in [2.45, 2.75) is 12.8 Å². The number of halogens is 1. The molecule has 0 bridgehead atoms. The van der Waals surface area contributed by atoms with Gasteiger partial charge in [0.15, 0.2) is 0 Å². The van der Waals surface area contributed by atoms with Gasteiger partial charge in [0.25, 0.3) is 0 Å². The van der Waals surface area contributed by atoms with E-state index in [1.807, 2.05) is 6.07 Å². The van der Waals surface area contributed by atoms with Crippen molar-refractivity contribution < 1.29 is 9.90 Å². The summed E-state index contributed by atoms with van der Waals surface area (Å²) in [6.45, 7) is 1.66. The van der Waals surface area contributed by atoms with E-state index in [1.54, 1.807) is 12.1 Å². The van der Waals surface area contributed by atoms with Crippen molar-refractivity contribution in [2.75, 3.05) is 13.1 Å². The van der Waals surface area contributed by atoms with Gasteiger partial charge in [0.05, 0.1) is 17.6 Å². The molecule has 1 saturated heterocycles. The summed E-state index contributed by atoms with van der Waals surface area (Å²) in [7, 11) is 0. The van der Waals surface area contributed by atoms with Crippen molar-refractivity contribution in [2.24, 2.45) is 11.8 Å². The van der Waals surface area contributed by atoms with Crippen LogP contribution in [0.5, 0.6) is 0 Å². The van der Waals surface area contributed by atoms with Crippen molar-refractivity contribution in [3.05, 3.63) is 33.8 Å². The van der Waals surface area contributed by atoms with Crippen LogP contribution in [0, 0.1) is 23.2 Å². The van der Waals surface area contributed by atoms with Crippen molar-refractivity contribution in [3.63, 3.8) is 0 Å². The SMILES string of the molecule is N#Cc1ccc(C[C@H](C(=O)O)[C@H]2CCNC2)c(Br)c1. The van der Waals surface area contributed by atoms with Gasteiger partial charge in [0.2, 0.25) is 0 Å². The zero-order valence-electron chi connectivity index (χ0n) is 10.4. The number of hydrogen-bond acceptors (Lipinski definition) is 3. The second-order valence-corrected chi connectivity index (χ2v) is 5.67. The van der Waals surface area contributed by atoms with Crippen LogP contribution in [0.3, 0.4) is 0 Å².